The number of methoxy groups -OCH3 is 2. The minimum absolute atomic E-state index is 0.140. The molecule has 0 saturated carbocycles. The van der Waals surface area contributed by atoms with Crippen LogP contribution < -0.4 is 9.47 Å². The van der Waals surface area contributed by atoms with E-state index in [1.807, 2.05) is 0 Å². The highest BCUT2D eigenvalue weighted by atomic mass is 16.7. The van der Waals surface area contributed by atoms with E-state index >= 15 is 0 Å². The van der Waals surface area contributed by atoms with Crippen LogP contribution in [0.5, 0.6) is 11.5 Å². The monoisotopic (exact) mass is 485 g/mol. The summed E-state index contributed by atoms with van der Waals surface area (Å²) in [5.41, 5.74) is 1.25. The average Bonchev–Trinajstić information content (AvgIpc) is 2.84. The second-order valence-corrected chi connectivity index (χ2v) is 9.28. The van der Waals surface area contributed by atoms with Crippen molar-refractivity contribution in [2.45, 2.75) is 85.0 Å². The third kappa shape index (κ3) is 8.05. The van der Waals surface area contributed by atoms with Crippen LogP contribution in [-0.2, 0) is 9.63 Å². The Morgan fingerprint density at radius 2 is 1.51 bits per heavy atom. The molecule has 1 aliphatic rings. The van der Waals surface area contributed by atoms with Crippen LogP contribution in [0.25, 0.3) is 0 Å². The van der Waals surface area contributed by atoms with Crippen molar-refractivity contribution in [3.63, 3.8) is 0 Å². The quantitative estimate of drug-likeness (QED) is 0.122. The molecule has 0 atom stereocenters. The summed E-state index contributed by atoms with van der Waals surface area (Å²) in [6.45, 7) is 6.36. The van der Waals surface area contributed by atoms with Gasteiger partial charge in [0.1, 0.15) is 11.5 Å². The maximum atomic E-state index is 12.7. The normalized spacial score (nSPS) is 13.3. The number of ether oxygens (including phenoxy) is 2. The molecule has 0 radical (unpaired) electrons. The molecule has 0 unspecified atom stereocenters. The van der Waals surface area contributed by atoms with Crippen molar-refractivity contribution in [2.75, 3.05) is 14.2 Å². The second kappa shape index (κ2) is 14.4. The summed E-state index contributed by atoms with van der Waals surface area (Å²) >= 11 is 0. The lowest BCUT2D eigenvalue weighted by Crippen LogP contribution is -2.18. The van der Waals surface area contributed by atoms with E-state index in [0.717, 1.165) is 25.7 Å². The molecule has 0 aromatic heterocycles. The lowest BCUT2D eigenvalue weighted by atomic mass is 9.88. The van der Waals surface area contributed by atoms with Crippen molar-refractivity contribution >= 4 is 23.2 Å². The summed E-state index contributed by atoms with van der Waals surface area (Å²) in [6, 6.07) is 1.63. The first-order chi connectivity index (χ1) is 16.8. The van der Waals surface area contributed by atoms with Crippen LogP contribution >= 0.6 is 0 Å². The number of unbranched alkanes of at least 4 members (excludes halogenated alkanes) is 6. The number of carbonyl (C=O) groups is 3. The van der Waals surface area contributed by atoms with Gasteiger partial charge in [0.05, 0.1) is 31.1 Å². The molecule has 0 spiro atoms. The molecule has 1 aliphatic carbocycles. The first kappa shape index (κ1) is 28.3. The van der Waals surface area contributed by atoms with Gasteiger partial charge >= 0.3 is 5.97 Å². The van der Waals surface area contributed by atoms with Crippen LogP contribution in [0, 0.1) is 5.92 Å². The van der Waals surface area contributed by atoms with Crippen LogP contribution in [0.1, 0.15) is 111 Å². The maximum absolute atomic E-state index is 12.7. The fourth-order valence-electron chi connectivity index (χ4n) is 4.06. The topological polar surface area (TPSA) is 91.3 Å². The lowest BCUT2D eigenvalue weighted by Gasteiger charge is -2.20. The Balaban J connectivity index is 2.27. The van der Waals surface area contributed by atoms with Gasteiger partial charge in [-0.05, 0) is 43.4 Å². The molecule has 0 fully saturated rings. The zero-order valence-corrected chi connectivity index (χ0v) is 21.8. The second-order valence-electron chi connectivity index (χ2n) is 9.28. The van der Waals surface area contributed by atoms with Gasteiger partial charge in [-0.15, -0.1) is 0 Å². The molecule has 192 valence electrons. The molecule has 7 heteroatoms. The van der Waals surface area contributed by atoms with Crippen LogP contribution in [0.15, 0.2) is 23.4 Å². The summed E-state index contributed by atoms with van der Waals surface area (Å²) in [5, 5.41) is 4.20. The highest BCUT2D eigenvalue weighted by molar-refractivity contribution is 6.25. The van der Waals surface area contributed by atoms with E-state index in [2.05, 4.69) is 25.9 Å². The van der Waals surface area contributed by atoms with E-state index in [-0.39, 0.29) is 34.2 Å². The van der Waals surface area contributed by atoms with E-state index in [1.165, 1.54) is 52.1 Å². The zero-order valence-electron chi connectivity index (χ0n) is 21.8. The average molecular weight is 486 g/mol. The largest absolute Gasteiger partial charge is 0.496 e. The SMILES string of the molecule is CCCCCCCCCC(=O)ON=C(CCC(C)C)c1cc(OC)c2c(c1OC)C(=O)C=CC2=O. The Morgan fingerprint density at radius 3 is 2.11 bits per heavy atom. The van der Waals surface area contributed by atoms with Crippen molar-refractivity contribution in [3.8, 4) is 11.5 Å². The van der Waals surface area contributed by atoms with Gasteiger partial charge in [-0.2, -0.15) is 0 Å². The summed E-state index contributed by atoms with van der Waals surface area (Å²) in [6.07, 6.45) is 11.8. The molecule has 35 heavy (non-hydrogen) atoms. The maximum Gasteiger partial charge on any atom is 0.335 e. The number of oxime groups is 1. The van der Waals surface area contributed by atoms with E-state index in [0.29, 0.717) is 30.0 Å². The fourth-order valence-corrected chi connectivity index (χ4v) is 4.06. The van der Waals surface area contributed by atoms with E-state index < -0.39 is 5.97 Å². The van der Waals surface area contributed by atoms with Crippen molar-refractivity contribution < 1.29 is 28.7 Å². The molecule has 0 amide bonds. The molecule has 7 nitrogen and oxygen atoms in total. The Morgan fingerprint density at radius 1 is 0.886 bits per heavy atom. The van der Waals surface area contributed by atoms with E-state index in [4.69, 9.17) is 14.3 Å². The summed E-state index contributed by atoms with van der Waals surface area (Å²) in [4.78, 5) is 42.9. The highest BCUT2D eigenvalue weighted by Crippen LogP contribution is 2.38. The number of allylic oxidation sites excluding steroid dienone is 2. The molecule has 0 aliphatic heterocycles. The smallest absolute Gasteiger partial charge is 0.335 e. The fraction of sp³-hybridized carbons (Fsp3) is 0.571. The molecule has 1 aromatic rings. The van der Waals surface area contributed by atoms with Crippen LogP contribution in [0.2, 0.25) is 0 Å². The van der Waals surface area contributed by atoms with Gasteiger partial charge in [0.15, 0.2) is 11.6 Å². The van der Waals surface area contributed by atoms with Crippen molar-refractivity contribution in [1.82, 2.24) is 0 Å². The van der Waals surface area contributed by atoms with E-state index in [1.54, 1.807) is 6.07 Å². The van der Waals surface area contributed by atoms with Crippen molar-refractivity contribution in [2.24, 2.45) is 11.1 Å². The summed E-state index contributed by atoms with van der Waals surface area (Å²) in [5.74, 6) is -0.211. The third-order valence-corrected chi connectivity index (χ3v) is 6.06. The van der Waals surface area contributed by atoms with Gasteiger partial charge in [-0.1, -0.05) is 64.5 Å². The van der Waals surface area contributed by atoms with Gasteiger partial charge in [-0.3, -0.25) is 9.59 Å². The summed E-state index contributed by atoms with van der Waals surface area (Å²) in [7, 11) is 2.88. The van der Waals surface area contributed by atoms with Gasteiger partial charge in [0.25, 0.3) is 0 Å². The van der Waals surface area contributed by atoms with Gasteiger partial charge in [0.2, 0.25) is 0 Å². The first-order valence-electron chi connectivity index (χ1n) is 12.7. The molecule has 2 rings (SSSR count). The Bertz CT molecular complexity index is 961. The van der Waals surface area contributed by atoms with Gasteiger partial charge in [0, 0.05) is 12.0 Å². The van der Waals surface area contributed by atoms with Crippen LogP contribution in [-0.4, -0.2) is 37.5 Å². The molecule has 0 saturated heterocycles. The standard InChI is InChI=1S/C28H39NO6/c1-6-7-8-9-10-11-12-13-25(32)35-29-21(15-14-19(2)3)20-18-24(33-4)26-22(30)16-17-23(31)27(26)28(20)34-5/h16-19H,6-15H2,1-5H3. The molecular weight excluding hydrogens is 446 g/mol. The third-order valence-electron chi connectivity index (χ3n) is 6.06. The minimum Gasteiger partial charge on any atom is -0.496 e. The molecule has 0 heterocycles. The number of hydrogen-bond acceptors (Lipinski definition) is 7. The number of fused-ring (bicyclic) bond motifs is 1. The zero-order chi connectivity index (χ0) is 25.8. The Kier molecular flexibility index (Phi) is 11.7. The number of carbonyl (C=O) groups excluding carboxylic acids is 3. The molecular formula is C28H39NO6. The van der Waals surface area contributed by atoms with Crippen molar-refractivity contribution in [3.05, 3.63) is 34.9 Å². The van der Waals surface area contributed by atoms with Crippen molar-refractivity contribution in [1.29, 1.82) is 0 Å². The number of rotatable bonds is 15. The van der Waals surface area contributed by atoms with E-state index in [9.17, 15) is 14.4 Å². The Labute approximate surface area is 208 Å². The molecule has 0 bridgehead atoms. The number of hydrogen-bond donors (Lipinski definition) is 0. The lowest BCUT2D eigenvalue weighted by molar-refractivity contribution is -0.143. The number of nitrogens with zero attached hydrogens (tertiary/aromatic N) is 1. The number of ketones is 2. The van der Waals surface area contributed by atoms with Crippen LogP contribution in [0.3, 0.4) is 0 Å². The predicted molar refractivity (Wildman–Crippen MR) is 137 cm³/mol. The van der Waals surface area contributed by atoms with Crippen LogP contribution in [0.4, 0.5) is 0 Å². The van der Waals surface area contributed by atoms with Gasteiger partial charge in [-0.25, -0.2) is 4.79 Å². The summed E-state index contributed by atoms with van der Waals surface area (Å²) < 4.78 is 11.0. The van der Waals surface area contributed by atoms with Gasteiger partial charge < -0.3 is 14.3 Å². The molecule has 1 aromatic carbocycles. The highest BCUT2D eigenvalue weighted by Gasteiger charge is 2.31. The first-order valence-corrected chi connectivity index (χ1v) is 12.7. The predicted octanol–water partition coefficient (Wildman–Crippen LogP) is 6.46. The molecule has 0 N–H and O–H groups in total. The minimum atomic E-state index is -0.390. The number of benzene rings is 1. The Hall–Kier alpha value is -2.96.